The molecule has 1 amide bonds. The van der Waals surface area contributed by atoms with Crippen molar-refractivity contribution in [2.45, 2.75) is 25.2 Å². The molecule has 0 unspecified atom stereocenters. The van der Waals surface area contributed by atoms with E-state index in [1.54, 1.807) is 23.6 Å². The highest BCUT2D eigenvalue weighted by molar-refractivity contribution is 7.93. The molecule has 0 saturated heterocycles. The second-order valence-electron chi connectivity index (χ2n) is 6.11. The molecule has 1 heterocycles. The second-order valence-corrected chi connectivity index (χ2v) is 8.65. The molecule has 0 radical (unpaired) electrons. The molecule has 0 aliphatic rings. The number of thiazole rings is 1. The number of amides is 1. The molecule has 1 aromatic heterocycles. The number of nitrogens with zero attached hydrogens (tertiary/aromatic N) is 1. The number of benzene rings is 2. The van der Waals surface area contributed by atoms with Crippen molar-refractivity contribution in [2.24, 2.45) is 0 Å². The summed E-state index contributed by atoms with van der Waals surface area (Å²) in [4.78, 5) is 16.6. The Labute approximate surface area is 162 Å². The lowest BCUT2D eigenvalue weighted by Crippen LogP contribution is -2.16. The third kappa shape index (κ3) is 4.93. The normalized spacial score (nSPS) is 11.2. The van der Waals surface area contributed by atoms with Gasteiger partial charge in [-0.05, 0) is 37.6 Å². The van der Waals surface area contributed by atoms with Crippen LogP contribution in [0.1, 0.15) is 16.8 Å². The van der Waals surface area contributed by atoms with E-state index in [0.717, 1.165) is 28.2 Å². The van der Waals surface area contributed by atoms with Crippen molar-refractivity contribution in [3.05, 3.63) is 70.7 Å². The van der Waals surface area contributed by atoms with Crippen LogP contribution in [0, 0.1) is 13.8 Å². The lowest BCUT2D eigenvalue weighted by atomic mass is 10.1. The Bertz CT molecular complexity index is 1060. The zero-order valence-corrected chi connectivity index (χ0v) is 16.5. The van der Waals surface area contributed by atoms with E-state index in [-0.39, 0.29) is 22.4 Å². The van der Waals surface area contributed by atoms with Crippen LogP contribution in [0.5, 0.6) is 0 Å². The number of carbonyl (C=O) groups excluding carboxylic acids is 1. The summed E-state index contributed by atoms with van der Waals surface area (Å²) in [5.74, 6) is -0.204. The maximum atomic E-state index is 12.3. The Morgan fingerprint density at radius 1 is 1.11 bits per heavy atom. The number of aryl methyl sites for hydroxylation is 2. The molecule has 8 heteroatoms. The van der Waals surface area contributed by atoms with Gasteiger partial charge in [0.15, 0.2) is 5.13 Å². The van der Waals surface area contributed by atoms with E-state index < -0.39 is 10.0 Å². The minimum Gasteiger partial charge on any atom is -0.326 e. The van der Waals surface area contributed by atoms with E-state index in [2.05, 4.69) is 15.0 Å². The molecule has 3 rings (SSSR count). The van der Waals surface area contributed by atoms with Crippen LogP contribution in [0.2, 0.25) is 0 Å². The number of anilines is 2. The van der Waals surface area contributed by atoms with Crippen LogP contribution >= 0.6 is 11.3 Å². The first-order valence-corrected chi connectivity index (χ1v) is 10.6. The Kier molecular flexibility index (Phi) is 5.57. The molecule has 0 saturated carbocycles. The third-order valence-electron chi connectivity index (χ3n) is 3.82. The molecule has 2 N–H and O–H groups in total. The molecule has 6 nitrogen and oxygen atoms in total. The zero-order valence-electron chi connectivity index (χ0n) is 14.9. The van der Waals surface area contributed by atoms with E-state index in [1.165, 1.54) is 12.1 Å². The van der Waals surface area contributed by atoms with E-state index in [0.29, 0.717) is 5.69 Å². The number of carbonyl (C=O) groups is 1. The van der Waals surface area contributed by atoms with Crippen LogP contribution in [0.25, 0.3) is 0 Å². The molecule has 3 aromatic rings. The van der Waals surface area contributed by atoms with Crippen molar-refractivity contribution in [1.29, 1.82) is 0 Å². The summed E-state index contributed by atoms with van der Waals surface area (Å²) in [5.41, 5.74) is 3.37. The first-order chi connectivity index (χ1) is 12.8. The van der Waals surface area contributed by atoms with Gasteiger partial charge in [-0.3, -0.25) is 9.52 Å². The fourth-order valence-electron chi connectivity index (χ4n) is 2.52. The van der Waals surface area contributed by atoms with Gasteiger partial charge in [-0.15, -0.1) is 11.3 Å². The lowest BCUT2D eigenvalue weighted by Gasteiger charge is -2.08. The number of rotatable bonds is 6. The number of sulfonamides is 1. The third-order valence-corrected chi connectivity index (χ3v) is 6.12. The summed E-state index contributed by atoms with van der Waals surface area (Å²) in [7, 11) is -3.69. The monoisotopic (exact) mass is 401 g/mol. The highest BCUT2D eigenvalue weighted by Gasteiger charge is 2.16. The quantitative estimate of drug-likeness (QED) is 0.659. The van der Waals surface area contributed by atoms with Crippen LogP contribution in [-0.2, 0) is 21.2 Å². The summed E-state index contributed by atoms with van der Waals surface area (Å²) < 4.78 is 27.1. The largest absolute Gasteiger partial charge is 0.326 e. The predicted molar refractivity (Wildman–Crippen MR) is 108 cm³/mol. The molecular formula is C19H19N3O3S2. The van der Waals surface area contributed by atoms with Gasteiger partial charge in [0, 0.05) is 11.1 Å². The average molecular weight is 402 g/mol. The topological polar surface area (TPSA) is 88.2 Å². The van der Waals surface area contributed by atoms with E-state index in [4.69, 9.17) is 0 Å². The zero-order chi connectivity index (χ0) is 19.4. The predicted octanol–water partition coefficient (Wildman–Crippen LogP) is 3.74. The number of aromatic nitrogens is 1. The van der Waals surface area contributed by atoms with Gasteiger partial charge in [0.1, 0.15) is 0 Å². The first kappa shape index (κ1) is 19.1. The van der Waals surface area contributed by atoms with Crippen molar-refractivity contribution in [2.75, 3.05) is 10.0 Å². The Morgan fingerprint density at radius 2 is 1.85 bits per heavy atom. The fourth-order valence-corrected chi connectivity index (χ4v) is 4.51. The SMILES string of the molecule is Cc1ccc(NC(=O)Cc2csc(NS(=O)(=O)c3ccccc3)n2)c(C)c1. The molecule has 0 aliphatic heterocycles. The summed E-state index contributed by atoms with van der Waals surface area (Å²) in [6.07, 6.45) is 0.0664. The fraction of sp³-hybridized carbons (Fsp3) is 0.158. The second kappa shape index (κ2) is 7.89. The van der Waals surface area contributed by atoms with Gasteiger partial charge in [-0.1, -0.05) is 35.9 Å². The standard InChI is InChI=1S/C19H19N3O3S2/c1-13-8-9-17(14(2)10-13)21-18(23)11-15-12-26-19(20-15)22-27(24,25)16-6-4-3-5-7-16/h3-10,12H,11H2,1-2H3,(H,20,22)(H,21,23). The van der Waals surface area contributed by atoms with Crippen molar-refractivity contribution in [3.63, 3.8) is 0 Å². The molecule has 27 heavy (non-hydrogen) atoms. The summed E-state index contributed by atoms with van der Waals surface area (Å²) in [5, 5.41) is 4.76. The molecule has 2 aromatic carbocycles. The van der Waals surface area contributed by atoms with Gasteiger partial charge in [-0.2, -0.15) is 0 Å². The van der Waals surface area contributed by atoms with Crippen molar-refractivity contribution >= 4 is 38.1 Å². The van der Waals surface area contributed by atoms with E-state index in [9.17, 15) is 13.2 Å². The number of hydrogen-bond donors (Lipinski definition) is 2. The van der Waals surface area contributed by atoms with E-state index in [1.807, 2.05) is 32.0 Å². The van der Waals surface area contributed by atoms with Gasteiger partial charge in [0.2, 0.25) is 5.91 Å². The highest BCUT2D eigenvalue weighted by atomic mass is 32.2. The van der Waals surface area contributed by atoms with Gasteiger partial charge < -0.3 is 5.32 Å². The summed E-state index contributed by atoms with van der Waals surface area (Å²) in [6, 6.07) is 13.9. The summed E-state index contributed by atoms with van der Waals surface area (Å²) >= 11 is 1.14. The maximum absolute atomic E-state index is 12.3. The molecular weight excluding hydrogens is 382 g/mol. The van der Waals surface area contributed by atoms with Crippen LogP contribution in [-0.4, -0.2) is 19.3 Å². The molecule has 0 fully saturated rings. The Hall–Kier alpha value is -2.71. The minimum atomic E-state index is -3.69. The Balaban J connectivity index is 1.65. The minimum absolute atomic E-state index is 0.0664. The first-order valence-electron chi connectivity index (χ1n) is 8.23. The van der Waals surface area contributed by atoms with Crippen LogP contribution < -0.4 is 10.0 Å². The van der Waals surface area contributed by atoms with Crippen LogP contribution in [0.3, 0.4) is 0 Å². The van der Waals surface area contributed by atoms with Crippen LogP contribution in [0.4, 0.5) is 10.8 Å². The van der Waals surface area contributed by atoms with E-state index >= 15 is 0 Å². The molecule has 140 valence electrons. The average Bonchev–Trinajstić information content (AvgIpc) is 3.04. The van der Waals surface area contributed by atoms with Crippen LogP contribution in [0.15, 0.2) is 58.8 Å². The molecule has 0 aliphatic carbocycles. The van der Waals surface area contributed by atoms with Gasteiger partial charge in [0.05, 0.1) is 17.0 Å². The highest BCUT2D eigenvalue weighted by Crippen LogP contribution is 2.21. The number of nitrogens with one attached hydrogen (secondary N) is 2. The van der Waals surface area contributed by atoms with Gasteiger partial charge in [0.25, 0.3) is 10.0 Å². The smallest absolute Gasteiger partial charge is 0.263 e. The van der Waals surface area contributed by atoms with Crippen molar-refractivity contribution in [3.8, 4) is 0 Å². The maximum Gasteiger partial charge on any atom is 0.263 e. The van der Waals surface area contributed by atoms with Gasteiger partial charge in [-0.25, -0.2) is 13.4 Å². The lowest BCUT2D eigenvalue weighted by molar-refractivity contribution is -0.115. The Morgan fingerprint density at radius 3 is 2.56 bits per heavy atom. The number of hydrogen-bond acceptors (Lipinski definition) is 5. The van der Waals surface area contributed by atoms with Gasteiger partial charge >= 0.3 is 0 Å². The summed E-state index contributed by atoms with van der Waals surface area (Å²) in [6.45, 7) is 3.92. The molecule has 0 bridgehead atoms. The molecule has 0 spiro atoms. The van der Waals surface area contributed by atoms with Crippen molar-refractivity contribution in [1.82, 2.24) is 4.98 Å². The van der Waals surface area contributed by atoms with Crippen molar-refractivity contribution < 1.29 is 13.2 Å². The molecule has 0 atom stereocenters.